The number of para-hydroxylation sites is 2. The molecule has 1 aliphatic rings. The molecule has 0 fully saturated rings. The van der Waals surface area contributed by atoms with Gasteiger partial charge in [-0.3, -0.25) is 0 Å². The first-order chi connectivity index (χ1) is 31.7. The summed E-state index contributed by atoms with van der Waals surface area (Å²) in [4.78, 5) is 4.79. The molecule has 1 aliphatic carbocycles. The Kier molecular flexibility index (Phi) is 9.28. The lowest BCUT2D eigenvalue weighted by molar-refractivity contribution is 0.768. The van der Waals surface area contributed by atoms with Crippen LogP contribution in [0.2, 0.25) is 0 Å². The SMILES string of the molecule is c1ccc(-c2ccc(N(c3ccc4c(c3)C(c3ccccc3)(c3ccccc3)c3ccccc3-4)c3ccc4c(c3)sc3ccc(N(c5ccccc5)c5ccccc5)cc34)cc2)cc1. The van der Waals surface area contributed by atoms with Gasteiger partial charge >= 0.3 is 0 Å². The lowest BCUT2D eigenvalue weighted by Gasteiger charge is -2.35. The number of hydrogen-bond acceptors (Lipinski definition) is 3. The molecule has 0 unspecified atom stereocenters. The van der Waals surface area contributed by atoms with Crippen molar-refractivity contribution in [2.24, 2.45) is 0 Å². The Morgan fingerprint density at radius 2 is 0.734 bits per heavy atom. The fourth-order valence-electron chi connectivity index (χ4n) is 10.1. The third-order valence-electron chi connectivity index (χ3n) is 12.9. The second-order valence-corrected chi connectivity index (χ2v) is 17.6. The Bertz CT molecular complexity index is 3340. The summed E-state index contributed by atoms with van der Waals surface area (Å²) >= 11 is 1.86. The number of fused-ring (bicyclic) bond motifs is 6. The molecule has 0 radical (unpaired) electrons. The van der Waals surface area contributed by atoms with Crippen LogP contribution in [-0.2, 0) is 5.41 Å². The predicted octanol–water partition coefficient (Wildman–Crippen LogP) is 17.0. The molecule has 0 N–H and O–H groups in total. The van der Waals surface area contributed by atoms with Crippen LogP contribution in [0.1, 0.15) is 22.3 Å². The topological polar surface area (TPSA) is 6.48 Å². The van der Waals surface area contributed by atoms with Gasteiger partial charge in [0.25, 0.3) is 0 Å². The molecule has 0 spiro atoms. The monoisotopic (exact) mass is 834 g/mol. The zero-order valence-corrected chi connectivity index (χ0v) is 35.9. The molecule has 0 atom stereocenters. The van der Waals surface area contributed by atoms with Crippen molar-refractivity contribution >= 4 is 65.6 Å². The molecule has 3 heteroatoms. The molecule has 1 aromatic heterocycles. The maximum atomic E-state index is 2.46. The van der Waals surface area contributed by atoms with Gasteiger partial charge in [0.2, 0.25) is 0 Å². The summed E-state index contributed by atoms with van der Waals surface area (Å²) in [5.74, 6) is 0. The number of nitrogens with zero attached hydrogens (tertiary/aromatic N) is 2. The first-order valence-electron chi connectivity index (χ1n) is 21.9. The van der Waals surface area contributed by atoms with E-state index in [1.807, 2.05) is 11.3 Å². The number of hydrogen-bond donors (Lipinski definition) is 0. The fraction of sp³-hybridized carbons (Fsp3) is 0.0164. The van der Waals surface area contributed by atoms with E-state index in [2.05, 4.69) is 265 Å². The van der Waals surface area contributed by atoms with Crippen LogP contribution >= 0.6 is 11.3 Å². The first-order valence-corrected chi connectivity index (χ1v) is 22.7. The summed E-state index contributed by atoms with van der Waals surface area (Å²) in [6, 6.07) is 93.2. The minimum absolute atomic E-state index is 0.506. The maximum absolute atomic E-state index is 2.46. The van der Waals surface area contributed by atoms with E-state index < -0.39 is 5.41 Å². The van der Waals surface area contributed by atoms with Crippen LogP contribution in [0.3, 0.4) is 0 Å². The molecule has 0 saturated carbocycles. The van der Waals surface area contributed by atoms with E-state index in [-0.39, 0.29) is 0 Å². The largest absolute Gasteiger partial charge is 0.310 e. The van der Waals surface area contributed by atoms with Crippen molar-refractivity contribution < 1.29 is 0 Å². The Morgan fingerprint density at radius 1 is 0.281 bits per heavy atom. The van der Waals surface area contributed by atoms with Crippen LogP contribution < -0.4 is 9.80 Å². The number of thiophene rings is 1. The quantitative estimate of drug-likeness (QED) is 0.143. The van der Waals surface area contributed by atoms with Crippen molar-refractivity contribution in [1.29, 1.82) is 0 Å². The van der Waals surface area contributed by atoms with Gasteiger partial charge in [-0.25, -0.2) is 0 Å². The van der Waals surface area contributed by atoms with Gasteiger partial charge in [-0.2, -0.15) is 0 Å². The van der Waals surface area contributed by atoms with Crippen LogP contribution in [0.4, 0.5) is 34.1 Å². The average Bonchev–Trinajstić information content (AvgIpc) is 3.88. The smallest absolute Gasteiger partial charge is 0.0714 e. The van der Waals surface area contributed by atoms with Gasteiger partial charge in [0, 0.05) is 54.3 Å². The zero-order valence-electron chi connectivity index (χ0n) is 35.1. The molecule has 0 amide bonds. The fourth-order valence-corrected chi connectivity index (χ4v) is 11.2. The number of rotatable bonds is 9. The molecule has 302 valence electrons. The summed E-state index contributed by atoms with van der Waals surface area (Å²) in [7, 11) is 0. The number of benzene rings is 10. The lowest BCUT2D eigenvalue weighted by atomic mass is 9.67. The predicted molar refractivity (Wildman–Crippen MR) is 271 cm³/mol. The Morgan fingerprint density at radius 3 is 1.39 bits per heavy atom. The summed E-state index contributed by atoms with van der Waals surface area (Å²) in [5.41, 5.74) is 16.3. The molecule has 2 nitrogen and oxygen atoms in total. The highest BCUT2D eigenvalue weighted by Gasteiger charge is 2.46. The van der Waals surface area contributed by atoms with Crippen molar-refractivity contribution in [2.45, 2.75) is 5.41 Å². The molecule has 0 aliphatic heterocycles. The van der Waals surface area contributed by atoms with Gasteiger partial charge in [-0.15, -0.1) is 11.3 Å². The first kappa shape index (κ1) is 37.8. The minimum Gasteiger partial charge on any atom is -0.310 e. The van der Waals surface area contributed by atoms with Gasteiger partial charge < -0.3 is 9.80 Å². The van der Waals surface area contributed by atoms with Crippen molar-refractivity contribution in [3.63, 3.8) is 0 Å². The highest BCUT2D eigenvalue weighted by atomic mass is 32.1. The zero-order chi connectivity index (χ0) is 42.5. The standard InChI is InChI=1S/C61H42N2S/c1-6-18-43(19-7-1)44-30-32-49(33-31-44)63(51-34-37-54-53-28-16-17-29-57(53)61(58(54)41-51,45-20-8-2-9-21-45)46-22-10-3-11-23-46)52-35-38-55-56-40-50(36-39-59(56)64-60(55)42-52)62(47-24-12-4-13-25-47)48-26-14-5-15-27-48/h1-42H. The van der Waals surface area contributed by atoms with Gasteiger partial charge in [0.05, 0.1) is 5.41 Å². The normalized spacial score (nSPS) is 12.5. The summed E-state index contributed by atoms with van der Waals surface area (Å²) in [5, 5.41) is 2.51. The lowest BCUT2D eigenvalue weighted by Crippen LogP contribution is -2.28. The van der Waals surface area contributed by atoms with Crippen LogP contribution in [-0.4, -0.2) is 0 Å². The molecule has 64 heavy (non-hydrogen) atoms. The van der Waals surface area contributed by atoms with E-state index in [9.17, 15) is 0 Å². The van der Waals surface area contributed by atoms with E-state index >= 15 is 0 Å². The summed E-state index contributed by atoms with van der Waals surface area (Å²) in [6.07, 6.45) is 0. The molecule has 11 aromatic rings. The van der Waals surface area contributed by atoms with Crippen molar-refractivity contribution in [3.8, 4) is 22.3 Å². The molecule has 12 rings (SSSR count). The van der Waals surface area contributed by atoms with E-state index in [1.54, 1.807) is 0 Å². The van der Waals surface area contributed by atoms with E-state index in [4.69, 9.17) is 0 Å². The highest BCUT2D eigenvalue weighted by Crippen LogP contribution is 2.57. The highest BCUT2D eigenvalue weighted by molar-refractivity contribution is 7.25. The third-order valence-corrected chi connectivity index (χ3v) is 14.1. The minimum atomic E-state index is -0.506. The average molecular weight is 835 g/mol. The van der Waals surface area contributed by atoms with Crippen LogP contribution in [0.5, 0.6) is 0 Å². The van der Waals surface area contributed by atoms with Crippen molar-refractivity contribution in [3.05, 3.63) is 277 Å². The molecule has 0 saturated heterocycles. The Hall–Kier alpha value is -7.98. The number of anilines is 6. The molecular weight excluding hydrogens is 793 g/mol. The van der Waals surface area contributed by atoms with Crippen molar-refractivity contribution in [2.75, 3.05) is 9.80 Å². The van der Waals surface area contributed by atoms with E-state index in [0.29, 0.717) is 0 Å². The van der Waals surface area contributed by atoms with Crippen LogP contribution in [0.15, 0.2) is 255 Å². The second-order valence-electron chi connectivity index (χ2n) is 16.5. The van der Waals surface area contributed by atoms with Gasteiger partial charge in [-0.05, 0) is 123 Å². The summed E-state index contributed by atoms with van der Waals surface area (Å²) in [6.45, 7) is 0. The van der Waals surface area contributed by atoms with Gasteiger partial charge in [-0.1, -0.05) is 176 Å². The third kappa shape index (κ3) is 6.24. The van der Waals surface area contributed by atoms with Gasteiger partial charge in [0.1, 0.15) is 0 Å². The molecule has 1 heterocycles. The maximum Gasteiger partial charge on any atom is 0.0714 e. The van der Waals surface area contributed by atoms with E-state index in [1.165, 1.54) is 64.7 Å². The van der Waals surface area contributed by atoms with Crippen LogP contribution in [0.25, 0.3) is 42.4 Å². The van der Waals surface area contributed by atoms with Crippen LogP contribution in [0, 0.1) is 0 Å². The molecule has 10 aromatic carbocycles. The molecule has 0 bridgehead atoms. The van der Waals surface area contributed by atoms with Crippen molar-refractivity contribution in [1.82, 2.24) is 0 Å². The second kappa shape index (κ2) is 15.7. The van der Waals surface area contributed by atoms with Gasteiger partial charge in [0.15, 0.2) is 0 Å². The van der Waals surface area contributed by atoms with E-state index in [0.717, 1.165) is 34.1 Å². The Balaban J connectivity index is 1.04. The Labute approximate surface area is 378 Å². The summed E-state index contributed by atoms with van der Waals surface area (Å²) < 4.78 is 2.51. The molecular formula is C61H42N2S.